The second-order valence-corrected chi connectivity index (χ2v) is 7.20. The van der Waals surface area contributed by atoms with Crippen molar-refractivity contribution in [2.75, 3.05) is 0 Å². The Morgan fingerprint density at radius 1 is 1.17 bits per heavy atom. The summed E-state index contributed by atoms with van der Waals surface area (Å²) < 4.78 is 1.93. The number of benzene rings is 1. The fourth-order valence-electron chi connectivity index (χ4n) is 1.85. The lowest BCUT2D eigenvalue weighted by Crippen LogP contribution is -1.96. The molecule has 0 spiro atoms. The van der Waals surface area contributed by atoms with Crippen molar-refractivity contribution in [3.63, 3.8) is 0 Å². The zero-order valence-electron chi connectivity index (χ0n) is 9.04. The number of fused-ring (bicyclic) bond motifs is 1. The lowest BCUT2D eigenvalue weighted by molar-refractivity contribution is 0.104. The maximum absolute atomic E-state index is 12.4. The Labute approximate surface area is 124 Å². The van der Waals surface area contributed by atoms with E-state index in [1.54, 1.807) is 6.20 Å². The van der Waals surface area contributed by atoms with Crippen molar-refractivity contribution in [3.05, 3.63) is 55.2 Å². The van der Waals surface area contributed by atoms with Gasteiger partial charge in [-0.25, -0.2) is 0 Å². The van der Waals surface area contributed by atoms with Gasteiger partial charge in [-0.2, -0.15) is 0 Å². The lowest BCUT2D eigenvalue weighted by Gasteiger charge is -1.97. The summed E-state index contributed by atoms with van der Waals surface area (Å²) in [4.78, 5) is 16.3. The van der Waals surface area contributed by atoms with E-state index < -0.39 is 0 Å². The van der Waals surface area contributed by atoms with Crippen LogP contribution in [0.4, 0.5) is 0 Å². The van der Waals surface area contributed by atoms with Crippen molar-refractivity contribution >= 4 is 59.9 Å². The standard InChI is InChI=1S/C13H7Br2NOS/c14-7-1-2-10-8(5-7)9(6-16-10)13(17)11-3-4-12(15)18-11/h1-6,16H. The Kier molecular flexibility index (Phi) is 3.13. The van der Waals surface area contributed by atoms with Gasteiger partial charge < -0.3 is 4.98 Å². The molecule has 3 aromatic rings. The molecule has 0 radical (unpaired) electrons. The number of hydrogen-bond acceptors (Lipinski definition) is 2. The number of ketones is 1. The molecule has 18 heavy (non-hydrogen) atoms. The third-order valence-corrected chi connectivity index (χ3v) is 4.80. The van der Waals surface area contributed by atoms with Gasteiger partial charge in [-0.1, -0.05) is 15.9 Å². The molecule has 0 fully saturated rings. The minimum absolute atomic E-state index is 0.0510. The molecular weight excluding hydrogens is 378 g/mol. The topological polar surface area (TPSA) is 32.9 Å². The highest BCUT2D eigenvalue weighted by Gasteiger charge is 2.15. The van der Waals surface area contributed by atoms with Crippen molar-refractivity contribution in [1.29, 1.82) is 0 Å². The van der Waals surface area contributed by atoms with Crippen LogP contribution in [0.2, 0.25) is 0 Å². The van der Waals surface area contributed by atoms with Crippen LogP contribution in [-0.2, 0) is 0 Å². The largest absolute Gasteiger partial charge is 0.360 e. The monoisotopic (exact) mass is 383 g/mol. The molecule has 0 saturated carbocycles. The van der Waals surface area contributed by atoms with Crippen LogP contribution in [0.1, 0.15) is 15.2 Å². The maximum atomic E-state index is 12.4. The van der Waals surface area contributed by atoms with Gasteiger partial charge in [0.25, 0.3) is 0 Å². The van der Waals surface area contributed by atoms with E-state index in [-0.39, 0.29) is 5.78 Å². The highest BCUT2D eigenvalue weighted by molar-refractivity contribution is 9.11. The van der Waals surface area contributed by atoms with Gasteiger partial charge in [0, 0.05) is 27.1 Å². The van der Waals surface area contributed by atoms with Gasteiger partial charge in [0.15, 0.2) is 0 Å². The number of halogens is 2. The molecule has 1 aromatic carbocycles. The summed E-state index contributed by atoms with van der Waals surface area (Å²) >= 11 is 8.26. The van der Waals surface area contributed by atoms with E-state index in [9.17, 15) is 4.79 Å². The molecule has 0 unspecified atom stereocenters. The number of carbonyl (C=O) groups excluding carboxylic acids is 1. The number of carbonyl (C=O) groups is 1. The maximum Gasteiger partial charge on any atom is 0.205 e. The molecule has 3 rings (SSSR count). The van der Waals surface area contributed by atoms with E-state index in [2.05, 4.69) is 36.8 Å². The molecule has 1 N–H and O–H groups in total. The van der Waals surface area contributed by atoms with E-state index in [1.165, 1.54) is 11.3 Å². The highest BCUT2D eigenvalue weighted by atomic mass is 79.9. The second kappa shape index (κ2) is 4.64. The van der Waals surface area contributed by atoms with E-state index >= 15 is 0 Å². The Bertz CT molecular complexity index is 744. The fourth-order valence-corrected chi connectivity index (χ4v) is 3.55. The number of nitrogens with one attached hydrogen (secondary N) is 1. The molecule has 0 aliphatic carbocycles. The van der Waals surface area contributed by atoms with Gasteiger partial charge in [0.05, 0.1) is 8.66 Å². The minimum Gasteiger partial charge on any atom is -0.360 e. The molecule has 5 heteroatoms. The van der Waals surface area contributed by atoms with Crippen LogP contribution < -0.4 is 0 Å². The summed E-state index contributed by atoms with van der Waals surface area (Å²) in [5, 5.41) is 0.943. The van der Waals surface area contributed by atoms with Crippen LogP contribution in [0.15, 0.2) is 44.8 Å². The highest BCUT2D eigenvalue weighted by Crippen LogP contribution is 2.28. The molecule has 2 heterocycles. The van der Waals surface area contributed by atoms with Gasteiger partial charge in [0.1, 0.15) is 0 Å². The first-order chi connectivity index (χ1) is 8.65. The number of rotatable bonds is 2. The molecule has 0 bridgehead atoms. The Hall–Kier alpha value is -0.910. The first kappa shape index (κ1) is 12.1. The van der Waals surface area contributed by atoms with Gasteiger partial charge in [0.2, 0.25) is 5.78 Å². The van der Waals surface area contributed by atoms with Gasteiger partial charge in [-0.3, -0.25) is 4.79 Å². The molecule has 0 atom stereocenters. The minimum atomic E-state index is 0.0510. The lowest BCUT2D eigenvalue weighted by atomic mass is 10.1. The van der Waals surface area contributed by atoms with Crippen molar-refractivity contribution in [2.45, 2.75) is 0 Å². The molecule has 0 saturated heterocycles. The summed E-state index contributed by atoms with van der Waals surface area (Å²) in [5.74, 6) is 0.0510. The van der Waals surface area contributed by atoms with Crippen LogP contribution in [0, 0.1) is 0 Å². The zero-order valence-corrected chi connectivity index (χ0v) is 13.0. The van der Waals surface area contributed by atoms with E-state index in [0.29, 0.717) is 5.56 Å². The summed E-state index contributed by atoms with van der Waals surface area (Å²) in [6.07, 6.45) is 1.77. The Balaban J connectivity index is 2.14. The predicted molar refractivity (Wildman–Crippen MR) is 81.5 cm³/mol. The third-order valence-electron chi connectivity index (χ3n) is 2.69. The first-order valence-corrected chi connectivity index (χ1v) is 7.62. The van der Waals surface area contributed by atoms with Gasteiger partial charge >= 0.3 is 0 Å². The Morgan fingerprint density at radius 2 is 2.00 bits per heavy atom. The molecule has 0 amide bonds. The molecule has 0 aliphatic rings. The molecule has 2 nitrogen and oxygen atoms in total. The smallest absolute Gasteiger partial charge is 0.205 e. The SMILES string of the molecule is O=C(c1ccc(Br)s1)c1c[nH]c2ccc(Br)cc12. The van der Waals surface area contributed by atoms with Gasteiger partial charge in [-0.15, -0.1) is 11.3 Å². The summed E-state index contributed by atoms with van der Waals surface area (Å²) in [7, 11) is 0. The molecule has 0 aliphatic heterocycles. The fraction of sp³-hybridized carbons (Fsp3) is 0. The van der Waals surface area contributed by atoms with Crippen LogP contribution >= 0.6 is 43.2 Å². The van der Waals surface area contributed by atoms with Crippen molar-refractivity contribution in [2.24, 2.45) is 0 Å². The second-order valence-electron chi connectivity index (χ2n) is 3.83. The normalized spacial score (nSPS) is 11.0. The van der Waals surface area contributed by atoms with Crippen LogP contribution in [0.3, 0.4) is 0 Å². The summed E-state index contributed by atoms with van der Waals surface area (Å²) in [6, 6.07) is 9.60. The van der Waals surface area contributed by atoms with Crippen molar-refractivity contribution < 1.29 is 4.79 Å². The van der Waals surface area contributed by atoms with Crippen LogP contribution in [0.5, 0.6) is 0 Å². The summed E-state index contributed by atoms with van der Waals surface area (Å²) in [6.45, 7) is 0. The van der Waals surface area contributed by atoms with Crippen molar-refractivity contribution in [1.82, 2.24) is 4.98 Å². The average Bonchev–Trinajstić information content (AvgIpc) is 2.94. The molecule has 90 valence electrons. The third kappa shape index (κ3) is 2.06. The molecular formula is C13H7Br2NOS. The quantitative estimate of drug-likeness (QED) is 0.620. The predicted octanol–water partition coefficient (Wildman–Crippen LogP) is 4.99. The van der Waals surface area contributed by atoms with Crippen LogP contribution in [-0.4, -0.2) is 10.8 Å². The van der Waals surface area contributed by atoms with Crippen LogP contribution in [0.25, 0.3) is 10.9 Å². The zero-order chi connectivity index (χ0) is 12.7. The summed E-state index contributed by atoms with van der Waals surface area (Å²) in [5.41, 5.74) is 1.68. The Morgan fingerprint density at radius 3 is 2.72 bits per heavy atom. The molecule has 2 aromatic heterocycles. The number of thiophene rings is 1. The van der Waals surface area contributed by atoms with Crippen molar-refractivity contribution in [3.8, 4) is 0 Å². The number of aromatic nitrogens is 1. The van der Waals surface area contributed by atoms with E-state index in [0.717, 1.165) is 24.0 Å². The van der Waals surface area contributed by atoms with E-state index in [1.807, 2.05) is 30.3 Å². The first-order valence-electron chi connectivity index (χ1n) is 5.22. The number of aromatic amines is 1. The number of hydrogen-bond donors (Lipinski definition) is 1. The van der Waals surface area contributed by atoms with E-state index in [4.69, 9.17) is 0 Å². The number of H-pyrrole nitrogens is 1. The van der Waals surface area contributed by atoms with Gasteiger partial charge in [-0.05, 0) is 46.3 Å². The average molecular weight is 385 g/mol.